The van der Waals surface area contributed by atoms with Gasteiger partial charge in [0, 0.05) is 5.56 Å². The van der Waals surface area contributed by atoms with E-state index in [0.717, 1.165) is 5.69 Å². The third-order valence-electron chi connectivity index (χ3n) is 1.64. The highest BCUT2D eigenvalue weighted by Crippen LogP contribution is 2.10. The number of H-pyrrole nitrogens is 1. The quantitative estimate of drug-likeness (QED) is 0.714. The van der Waals surface area contributed by atoms with Crippen LogP contribution in [0.5, 0.6) is 0 Å². The van der Waals surface area contributed by atoms with Crippen molar-refractivity contribution in [3.8, 4) is 0 Å². The molecule has 0 amide bonds. The van der Waals surface area contributed by atoms with E-state index in [1.807, 2.05) is 13.8 Å². The lowest BCUT2D eigenvalue weighted by atomic mass is 10.1. The van der Waals surface area contributed by atoms with E-state index in [-0.39, 0.29) is 11.4 Å². The zero-order chi connectivity index (χ0) is 9.14. The van der Waals surface area contributed by atoms with Gasteiger partial charge in [-0.05, 0) is 12.0 Å². The Morgan fingerprint density at radius 1 is 1.67 bits per heavy atom. The van der Waals surface area contributed by atoms with Crippen molar-refractivity contribution < 1.29 is 0 Å². The van der Waals surface area contributed by atoms with Crippen LogP contribution in [0.25, 0.3) is 0 Å². The van der Waals surface area contributed by atoms with E-state index >= 15 is 0 Å². The van der Waals surface area contributed by atoms with Gasteiger partial charge in [-0.25, -0.2) is 5.10 Å². The number of hydrogen-bond donors (Lipinski definition) is 1. The molecule has 12 heavy (non-hydrogen) atoms. The van der Waals surface area contributed by atoms with Crippen molar-refractivity contribution in [2.45, 2.75) is 25.6 Å². The third kappa shape index (κ3) is 1.85. The highest BCUT2D eigenvalue weighted by Gasteiger charge is 2.04. The van der Waals surface area contributed by atoms with Gasteiger partial charge in [-0.2, -0.15) is 5.10 Å². The fraction of sp³-hybridized carbons (Fsp3) is 0.500. The number of rotatable bonds is 2. The number of alkyl halides is 1. The minimum absolute atomic E-state index is 0.200. The van der Waals surface area contributed by atoms with E-state index in [1.54, 1.807) is 6.07 Å². The summed E-state index contributed by atoms with van der Waals surface area (Å²) in [5, 5.41) is 6.30. The molecular weight excluding hydrogens is 176 g/mol. The normalized spacial score (nSPS) is 10.7. The first-order chi connectivity index (χ1) is 5.65. The van der Waals surface area contributed by atoms with Gasteiger partial charge in [-0.1, -0.05) is 13.8 Å². The third-order valence-corrected chi connectivity index (χ3v) is 1.92. The maximum atomic E-state index is 11.0. The largest absolute Gasteiger partial charge is 0.268 e. The van der Waals surface area contributed by atoms with Crippen LogP contribution in [0.3, 0.4) is 0 Å². The molecular formula is C8H11ClN2O. The number of aromatic nitrogens is 2. The van der Waals surface area contributed by atoms with Gasteiger partial charge in [0.25, 0.3) is 5.56 Å². The van der Waals surface area contributed by atoms with Crippen LogP contribution in [0.2, 0.25) is 0 Å². The summed E-state index contributed by atoms with van der Waals surface area (Å²) in [6.45, 7) is 4.03. The Kier molecular flexibility index (Phi) is 2.87. The molecule has 4 heteroatoms. The van der Waals surface area contributed by atoms with Crippen LogP contribution in [0, 0.1) is 0 Å². The summed E-state index contributed by atoms with van der Waals surface area (Å²) in [6, 6.07) is 1.75. The molecule has 1 heterocycles. The summed E-state index contributed by atoms with van der Waals surface area (Å²) in [6.07, 6.45) is 0. The first kappa shape index (κ1) is 9.26. The van der Waals surface area contributed by atoms with Crippen LogP contribution >= 0.6 is 11.6 Å². The number of halogens is 1. The van der Waals surface area contributed by atoms with Crippen molar-refractivity contribution in [3.05, 3.63) is 27.7 Å². The highest BCUT2D eigenvalue weighted by atomic mass is 35.5. The minimum Gasteiger partial charge on any atom is -0.268 e. The molecule has 0 fully saturated rings. The first-order valence-corrected chi connectivity index (χ1v) is 4.33. The molecule has 1 N–H and O–H groups in total. The van der Waals surface area contributed by atoms with Crippen molar-refractivity contribution in [2.75, 3.05) is 0 Å². The van der Waals surface area contributed by atoms with Gasteiger partial charge in [0.2, 0.25) is 0 Å². The molecule has 0 aromatic carbocycles. The van der Waals surface area contributed by atoms with Crippen LogP contribution in [-0.2, 0) is 5.88 Å². The monoisotopic (exact) mass is 186 g/mol. The molecule has 1 rings (SSSR count). The maximum Gasteiger partial charge on any atom is 0.268 e. The van der Waals surface area contributed by atoms with Gasteiger partial charge in [0.1, 0.15) is 0 Å². The summed E-state index contributed by atoms with van der Waals surface area (Å²) in [7, 11) is 0. The molecule has 0 radical (unpaired) electrons. The van der Waals surface area contributed by atoms with Crippen LogP contribution in [0.1, 0.15) is 31.0 Å². The molecule has 1 aromatic rings. The summed E-state index contributed by atoms with van der Waals surface area (Å²) < 4.78 is 0. The van der Waals surface area contributed by atoms with Crippen molar-refractivity contribution in [3.63, 3.8) is 0 Å². The van der Waals surface area contributed by atoms with E-state index < -0.39 is 0 Å². The second-order valence-electron chi connectivity index (χ2n) is 2.94. The predicted octanol–water partition coefficient (Wildman–Crippen LogP) is 1.63. The van der Waals surface area contributed by atoms with E-state index in [2.05, 4.69) is 10.2 Å². The average Bonchev–Trinajstić information content (AvgIpc) is 2.05. The fourth-order valence-electron chi connectivity index (χ4n) is 0.858. The molecule has 0 saturated heterocycles. The number of hydrogen-bond acceptors (Lipinski definition) is 2. The van der Waals surface area contributed by atoms with Crippen molar-refractivity contribution in [1.82, 2.24) is 10.2 Å². The molecule has 0 aliphatic heterocycles. The van der Waals surface area contributed by atoms with Crippen molar-refractivity contribution >= 4 is 11.6 Å². The smallest absolute Gasteiger partial charge is 0.268 e. The second kappa shape index (κ2) is 3.72. The van der Waals surface area contributed by atoms with Crippen LogP contribution in [0.15, 0.2) is 10.9 Å². The zero-order valence-corrected chi connectivity index (χ0v) is 7.85. The zero-order valence-electron chi connectivity index (χ0n) is 7.10. The Labute approximate surface area is 75.8 Å². The van der Waals surface area contributed by atoms with Gasteiger partial charge in [-0.15, -0.1) is 11.6 Å². The Hall–Kier alpha value is -0.830. The van der Waals surface area contributed by atoms with E-state index in [1.165, 1.54) is 0 Å². The molecule has 0 bridgehead atoms. The summed E-state index contributed by atoms with van der Waals surface area (Å²) >= 11 is 5.56. The molecule has 0 spiro atoms. The maximum absolute atomic E-state index is 11.0. The highest BCUT2D eigenvalue weighted by molar-refractivity contribution is 6.17. The number of nitrogens with one attached hydrogen (secondary N) is 1. The molecule has 0 aliphatic rings. The molecule has 0 unspecified atom stereocenters. The van der Waals surface area contributed by atoms with E-state index in [0.29, 0.717) is 11.5 Å². The van der Waals surface area contributed by atoms with Gasteiger partial charge < -0.3 is 0 Å². The van der Waals surface area contributed by atoms with Crippen molar-refractivity contribution in [1.29, 1.82) is 0 Å². The van der Waals surface area contributed by atoms with Gasteiger partial charge in [-0.3, -0.25) is 4.79 Å². The topological polar surface area (TPSA) is 45.8 Å². The number of aromatic amines is 1. The standard InChI is InChI=1S/C8H11ClN2O/c1-5(2)7-3-6(4-9)8(12)11-10-7/h3,5H,4H2,1-2H3,(H,11,12). The summed E-state index contributed by atoms with van der Waals surface area (Å²) in [4.78, 5) is 11.0. The van der Waals surface area contributed by atoms with Gasteiger partial charge in [0.05, 0.1) is 11.6 Å². The second-order valence-corrected chi connectivity index (χ2v) is 3.20. The SMILES string of the molecule is CC(C)c1cc(CCl)c(=O)[nH]n1. The summed E-state index contributed by atoms with van der Waals surface area (Å²) in [5.41, 5.74) is 1.25. The lowest BCUT2D eigenvalue weighted by Gasteiger charge is -2.03. The Morgan fingerprint density at radius 2 is 2.33 bits per heavy atom. The van der Waals surface area contributed by atoms with Crippen LogP contribution in [0.4, 0.5) is 0 Å². The van der Waals surface area contributed by atoms with Gasteiger partial charge >= 0.3 is 0 Å². The molecule has 3 nitrogen and oxygen atoms in total. The van der Waals surface area contributed by atoms with Crippen LogP contribution in [-0.4, -0.2) is 10.2 Å². The number of nitrogens with zero attached hydrogens (tertiary/aromatic N) is 1. The Bertz CT molecular complexity index is 319. The lowest BCUT2D eigenvalue weighted by molar-refractivity contribution is 0.771. The molecule has 1 aromatic heterocycles. The predicted molar refractivity (Wildman–Crippen MR) is 48.5 cm³/mol. The van der Waals surface area contributed by atoms with E-state index in [4.69, 9.17) is 11.6 Å². The molecule has 0 aliphatic carbocycles. The minimum atomic E-state index is -0.200. The fourth-order valence-corrected chi connectivity index (χ4v) is 1.06. The van der Waals surface area contributed by atoms with E-state index in [9.17, 15) is 4.79 Å². The summed E-state index contributed by atoms with van der Waals surface area (Å²) in [5.74, 6) is 0.543. The Morgan fingerprint density at radius 3 is 2.83 bits per heavy atom. The van der Waals surface area contributed by atoms with Gasteiger partial charge in [0.15, 0.2) is 0 Å². The molecule has 0 atom stereocenters. The van der Waals surface area contributed by atoms with Crippen molar-refractivity contribution in [2.24, 2.45) is 0 Å². The molecule has 66 valence electrons. The molecule has 0 saturated carbocycles. The first-order valence-electron chi connectivity index (χ1n) is 3.79. The average molecular weight is 187 g/mol. The Balaban J connectivity index is 3.14. The lowest BCUT2D eigenvalue weighted by Crippen LogP contribution is -2.14. The van der Waals surface area contributed by atoms with Crippen LogP contribution < -0.4 is 5.56 Å².